The highest BCUT2D eigenvalue weighted by molar-refractivity contribution is 9.10. The molecule has 3 aromatic carbocycles. The summed E-state index contributed by atoms with van der Waals surface area (Å²) < 4.78 is 13.9. The zero-order valence-electron chi connectivity index (χ0n) is 21.1. The molecule has 0 saturated heterocycles. The van der Waals surface area contributed by atoms with Gasteiger partial charge in [-0.2, -0.15) is 5.26 Å². The average molecular weight is 600 g/mol. The van der Waals surface area contributed by atoms with E-state index in [1.807, 2.05) is 66.7 Å². The highest BCUT2D eigenvalue weighted by atomic mass is 79.9. The summed E-state index contributed by atoms with van der Waals surface area (Å²) in [6.45, 7) is 2.03. The lowest BCUT2D eigenvalue weighted by molar-refractivity contribution is -0.136. The maximum Gasteiger partial charge on any atom is 0.338 e. The monoisotopic (exact) mass is 599 g/mol. The molecular formula is C30H22BrN3O4S. The Labute approximate surface area is 236 Å². The topological polar surface area (TPSA) is 93.7 Å². The minimum Gasteiger partial charge on any atom is -0.489 e. The van der Waals surface area contributed by atoms with Crippen LogP contribution in [0.2, 0.25) is 0 Å². The fourth-order valence-electron chi connectivity index (χ4n) is 4.38. The number of fused-ring (bicyclic) bond motifs is 1. The molecule has 0 fully saturated rings. The van der Waals surface area contributed by atoms with E-state index in [-0.39, 0.29) is 12.2 Å². The predicted octanol–water partition coefficient (Wildman–Crippen LogP) is 4.62. The van der Waals surface area contributed by atoms with Crippen LogP contribution in [0.5, 0.6) is 5.75 Å². The molecule has 0 radical (unpaired) electrons. The maximum atomic E-state index is 13.7. The van der Waals surface area contributed by atoms with Crippen LogP contribution in [-0.4, -0.2) is 17.6 Å². The van der Waals surface area contributed by atoms with Gasteiger partial charge in [-0.25, -0.2) is 9.79 Å². The van der Waals surface area contributed by atoms with Gasteiger partial charge in [-0.1, -0.05) is 69.7 Å². The van der Waals surface area contributed by atoms with Crippen molar-refractivity contribution in [2.45, 2.75) is 19.6 Å². The van der Waals surface area contributed by atoms with Gasteiger partial charge in [0.2, 0.25) is 0 Å². The Balaban J connectivity index is 1.49. The lowest BCUT2D eigenvalue weighted by Crippen LogP contribution is -2.39. The molecule has 1 atom stereocenters. The predicted molar refractivity (Wildman–Crippen MR) is 152 cm³/mol. The normalized spacial score (nSPS) is 14.8. The summed E-state index contributed by atoms with van der Waals surface area (Å²) in [5, 5.41) is 9.27. The molecule has 1 aliphatic rings. The van der Waals surface area contributed by atoms with E-state index in [0.29, 0.717) is 31.9 Å². The van der Waals surface area contributed by atoms with Crippen molar-refractivity contribution in [3.8, 4) is 11.8 Å². The van der Waals surface area contributed by atoms with Crippen LogP contribution in [0.3, 0.4) is 0 Å². The quantitative estimate of drug-likeness (QED) is 0.301. The molecule has 2 heterocycles. The molecule has 5 rings (SSSR count). The highest BCUT2D eigenvalue weighted by Crippen LogP contribution is 2.31. The first-order valence-electron chi connectivity index (χ1n) is 12.0. The van der Waals surface area contributed by atoms with Crippen LogP contribution in [0.15, 0.2) is 98.3 Å². The Kier molecular flexibility index (Phi) is 7.59. The first-order chi connectivity index (χ1) is 18.9. The Morgan fingerprint density at radius 3 is 2.54 bits per heavy atom. The van der Waals surface area contributed by atoms with E-state index < -0.39 is 12.0 Å². The Morgan fingerprint density at radius 1 is 1.13 bits per heavy atom. The third-order valence-electron chi connectivity index (χ3n) is 6.32. The van der Waals surface area contributed by atoms with Crippen molar-refractivity contribution in [3.63, 3.8) is 0 Å². The second-order valence-electron chi connectivity index (χ2n) is 8.75. The van der Waals surface area contributed by atoms with Crippen molar-refractivity contribution < 1.29 is 14.3 Å². The summed E-state index contributed by atoms with van der Waals surface area (Å²) in [5.41, 5.74) is 3.59. The van der Waals surface area contributed by atoms with Gasteiger partial charge in [0.25, 0.3) is 5.56 Å². The summed E-state index contributed by atoms with van der Waals surface area (Å²) in [6.07, 6.45) is 1.80. The van der Waals surface area contributed by atoms with Crippen molar-refractivity contribution in [1.29, 1.82) is 5.26 Å². The van der Waals surface area contributed by atoms with Crippen molar-refractivity contribution in [2.24, 2.45) is 4.99 Å². The molecule has 0 amide bonds. The number of benzene rings is 3. The molecule has 4 aromatic rings. The summed E-state index contributed by atoms with van der Waals surface area (Å²) in [4.78, 5) is 31.5. The van der Waals surface area contributed by atoms with Gasteiger partial charge in [-0.15, -0.1) is 0 Å². The molecule has 0 bridgehead atoms. The largest absolute Gasteiger partial charge is 0.489 e. The summed E-state index contributed by atoms with van der Waals surface area (Å²) in [5.74, 6) is 0.126. The number of hydrogen-bond donors (Lipinski definition) is 0. The number of esters is 1. The van der Waals surface area contributed by atoms with E-state index in [2.05, 4.69) is 27.0 Å². The van der Waals surface area contributed by atoms with Gasteiger partial charge < -0.3 is 9.47 Å². The van der Waals surface area contributed by atoms with Gasteiger partial charge >= 0.3 is 5.97 Å². The molecular weight excluding hydrogens is 578 g/mol. The number of carbonyl (C=O) groups excluding carboxylic acids is 1. The number of thiazole rings is 1. The van der Waals surface area contributed by atoms with Crippen molar-refractivity contribution >= 4 is 39.3 Å². The summed E-state index contributed by atoms with van der Waals surface area (Å²) in [6, 6.07) is 23.7. The average Bonchev–Trinajstić information content (AvgIpc) is 3.26. The zero-order chi connectivity index (χ0) is 27.5. The SMILES string of the molecule is COC(=O)C1=C(C)N=c2sc(=Cc3ccc(OCc4ccccc4C#N)cc3)c(=O)n2C1c1ccc(Br)cc1. The van der Waals surface area contributed by atoms with Crippen molar-refractivity contribution in [2.75, 3.05) is 7.11 Å². The fourth-order valence-corrected chi connectivity index (χ4v) is 5.69. The first kappa shape index (κ1) is 26.4. The standard InChI is InChI=1S/C30H22BrN3O4S/c1-18-26(29(36)37-2)27(20-9-11-23(31)12-10-20)34-28(35)25(39-30(34)33-18)15-19-7-13-24(14-8-19)38-17-22-6-4-3-5-21(22)16-32/h3-15,27H,17H2,1-2H3. The number of carbonyl (C=O) groups is 1. The lowest BCUT2D eigenvalue weighted by atomic mass is 9.96. The molecule has 1 unspecified atom stereocenters. The smallest absolute Gasteiger partial charge is 0.338 e. The van der Waals surface area contributed by atoms with E-state index in [4.69, 9.17) is 9.47 Å². The molecule has 0 aliphatic carbocycles. The van der Waals surface area contributed by atoms with Gasteiger partial charge in [0, 0.05) is 10.0 Å². The lowest BCUT2D eigenvalue weighted by Gasteiger charge is -2.24. The van der Waals surface area contributed by atoms with Crippen LogP contribution in [0.1, 0.15) is 35.2 Å². The van der Waals surface area contributed by atoms with Gasteiger partial charge in [-0.3, -0.25) is 9.36 Å². The van der Waals surface area contributed by atoms with Crippen LogP contribution >= 0.6 is 27.3 Å². The molecule has 0 spiro atoms. The second kappa shape index (κ2) is 11.2. The van der Waals surface area contributed by atoms with Gasteiger partial charge in [0.05, 0.1) is 40.6 Å². The van der Waals surface area contributed by atoms with Crippen LogP contribution in [-0.2, 0) is 16.1 Å². The fraction of sp³-hybridized carbons (Fsp3) is 0.133. The second-order valence-corrected chi connectivity index (χ2v) is 10.7. The van der Waals surface area contributed by atoms with E-state index in [1.165, 1.54) is 18.4 Å². The minimum absolute atomic E-state index is 0.242. The van der Waals surface area contributed by atoms with Gasteiger partial charge in [0.1, 0.15) is 12.4 Å². The van der Waals surface area contributed by atoms with E-state index in [1.54, 1.807) is 23.6 Å². The third kappa shape index (κ3) is 5.35. The van der Waals surface area contributed by atoms with E-state index in [9.17, 15) is 14.9 Å². The first-order valence-corrected chi connectivity index (χ1v) is 13.6. The minimum atomic E-state index is -0.656. The van der Waals surface area contributed by atoms with Crippen LogP contribution in [0.4, 0.5) is 0 Å². The molecule has 1 aromatic heterocycles. The van der Waals surface area contributed by atoms with E-state index in [0.717, 1.165) is 21.2 Å². The number of halogens is 1. The molecule has 39 heavy (non-hydrogen) atoms. The number of nitrogens with zero attached hydrogens (tertiary/aromatic N) is 3. The number of methoxy groups -OCH3 is 1. The van der Waals surface area contributed by atoms with Crippen molar-refractivity contribution in [1.82, 2.24) is 4.57 Å². The molecule has 9 heteroatoms. The molecule has 1 aliphatic heterocycles. The zero-order valence-corrected chi connectivity index (χ0v) is 23.5. The molecule has 0 saturated carbocycles. The van der Waals surface area contributed by atoms with Gasteiger partial charge in [-0.05, 0) is 54.5 Å². The Morgan fingerprint density at radius 2 is 1.85 bits per heavy atom. The number of ether oxygens (including phenoxy) is 2. The Hall–Kier alpha value is -4.26. The molecule has 7 nitrogen and oxygen atoms in total. The number of rotatable bonds is 6. The molecule has 0 N–H and O–H groups in total. The maximum absolute atomic E-state index is 13.7. The van der Waals surface area contributed by atoms with Crippen LogP contribution in [0, 0.1) is 11.3 Å². The van der Waals surface area contributed by atoms with Crippen LogP contribution in [0.25, 0.3) is 6.08 Å². The highest BCUT2D eigenvalue weighted by Gasteiger charge is 2.33. The number of hydrogen-bond acceptors (Lipinski definition) is 7. The summed E-state index contributed by atoms with van der Waals surface area (Å²) in [7, 11) is 1.32. The number of aromatic nitrogens is 1. The van der Waals surface area contributed by atoms with Crippen LogP contribution < -0.4 is 19.6 Å². The number of allylic oxidation sites excluding steroid dienone is 1. The van der Waals surface area contributed by atoms with Gasteiger partial charge in [0.15, 0.2) is 4.80 Å². The third-order valence-corrected chi connectivity index (χ3v) is 7.83. The van der Waals surface area contributed by atoms with Crippen molar-refractivity contribution in [3.05, 3.63) is 130 Å². The Bertz CT molecular complexity index is 1810. The molecule has 194 valence electrons. The summed E-state index contributed by atoms with van der Waals surface area (Å²) >= 11 is 4.71. The van der Waals surface area contributed by atoms with E-state index >= 15 is 0 Å². The number of nitriles is 1.